The maximum absolute atomic E-state index is 12.2. The predicted molar refractivity (Wildman–Crippen MR) is 195 cm³/mol. The van der Waals surface area contributed by atoms with Crippen molar-refractivity contribution in [3.63, 3.8) is 0 Å². The number of nitrogens with zero attached hydrogens (tertiary/aromatic N) is 2. The highest BCUT2D eigenvalue weighted by molar-refractivity contribution is 5.58. The maximum atomic E-state index is 12.2. The number of imidazole rings is 1. The van der Waals surface area contributed by atoms with Crippen LogP contribution in [0.4, 0.5) is 17.6 Å². The first-order valence-corrected chi connectivity index (χ1v) is 17.1. The Bertz CT molecular complexity index is 1600. The van der Waals surface area contributed by atoms with Crippen LogP contribution < -0.4 is 14.8 Å². The zero-order valence-corrected chi connectivity index (χ0v) is 29.4. The first-order chi connectivity index (χ1) is 24.3. The molecule has 9 heteroatoms. The summed E-state index contributed by atoms with van der Waals surface area (Å²) in [5.41, 5.74) is 5.82. The lowest BCUT2D eigenvalue weighted by molar-refractivity contribution is -0.0520. The summed E-state index contributed by atoms with van der Waals surface area (Å²) in [6, 6.07) is 25.1. The molecule has 0 radical (unpaired) electrons. The van der Waals surface area contributed by atoms with Gasteiger partial charge in [-0.05, 0) is 44.0 Å². The Hall–Kier alpha value is -4.63. The van der Waals surface area contributed by atoms with Crippen molar-refractivity contribution in [3.8, 4) is 22.9 Å². The fraction of sp³-hybridized carbons (Fsp3) is 0.341. The Morgan fingerprint density at radius 1 is 0.820 bits per heavy atom. The Labute approximate surface area is 294 Å². The summed E-state index contributed by atoms with van der Waals surface area (Å²) in [7, 11) is 0. The summed E-state index contributed by atoms with van der Waals surface area (Å²) in [5, 5.41) is 3.02. The molecular weight excluding hydrogens is 642 g/mol. The van der Waals surface area contributed by atoms with Gasteiger partial charge in [0, 0.05) is 30.3 Å². The largest absolute Gasteiger partial charge is 0.484 e. The van der Waals surface area contributed by atoms with E-state index in [2.05, 4.69) is 114 Å². The predicted octanol–water partition coefficient (Wildman–Crippen LogP) is 10.7. The van der Waals surface area contributed by atoms with E-state index >= 15 is 0 Å². The van der Waals surface area contributed by atoms with Gasteiger partial charge in [-0.2, -0.15) is 8.78 Å². The second-order valence-corrected chi connectivity index (χ2v) is 11.5. The minimum atomic E-state index is -3.03. The van der Waals surface area contributed by atoms with Gasteiger partial charge in [0.1, 0.15) is 12.4 Å². The number of rotatable bonds is 14. The van der Waals surface area contributed by atoms with Crippen LogP contribution in [-0.4, -0.2) is 35.7 Å². The number of unbranched alkanes of at least 4 members (excludes halogenated alkanes) is 1. The van der Waals surface area contributed by atoms with Gasteiger partial charge in [-0.15, -0.1) is 0 Å². The van der Waals surface area contributed by atoms with Crippen molar-refractivity contribution in [1.82, 2.24) is 14.9 Å². The molecule has 0 atom stereocenters. The topological polar surface area (TPSA) is 48.3 Å². The molecule has 1 N–H and O–H groups in total. The molecule has 1 aliphatic rings. The van der Waals surface area contributed by atoms with Crippen molar-refractivity contribution < 1.29 is 27.0 Å². The highest BCUT2D eigenvalue weighted by Gasteiger charge is 2.21. The van der Waals surface area contributed by atoms with E-state index < -0.39 is 19.6 Å². The number of halogens is 4. The molecule has 4 aromatic rings. The number of alkyl halides is 4. The number of allylic oxidation sites excluding steroid dienone is 6. The van der Waals surface area contributed by atoms with E-state index in [4.69, 9.17) is 9.72 Å². The highest BCUT2D eigenvalue weighted by atomic mass is 19.3. The average molecular weight is 692 g/mol. The number of aromatic nitrogens is 2. The van der Waals surface area contributed by atoms with Crippen molar-refractivity contribution in [2.45, 2.75) is 79.0 Å². The number of benzene rings is 3. The molecule has 1 heterocycles. The minimum Gasteiger partial charge on any atom is -0.484 e. The molecule has 50 heavy (non-hydrogen) atoms. The second-order valence-electron chi connectivity index (χ2n) is 11.5. The monoisotopic (exact) mass is 691 g/mol. The number of ether oxygens (including phenoxy) is 2. The van der Waals surface area contributed by atoms with Gasteiger partial charge >= 0.3 is 6.61 Å². The smallest absolute Gasteiger partial charge is 0.387 e. The van der Waals surface area contributed by atoms with Gasteiger partial charge in [0.05, 0.1) is 5.69 Å². The van der Waals surface area contributed by atoms with Crippen LogP contribution in [0.2, 0.25) is 0 Å². The van der Waals surface area contributed by atoms with E-state index in [1.807, 2.05) is 25.1 Å². The Morgan fingerprint density at radius 3 is 2.02 bits per heavy atom. The molecule has 3 aromatic carbocycles. The molecule has 0 saturated carbocycles. The molecule has 5 nitrogen and oxygen atoms in total. The third kappa shape index (κ3) is 13.3. The van der Waals surface area contributed by atoms with Gasteiger partial charge in [-0.3, -0.25) is 0 Å². The van der Waals surface area contributed by atoms with Crippen molar-refractivity contribution in [2.75, 3.05) is 13.2 Å². The van der Waals surface area contributed by atoms with Gasteiger partial charge < -0.3 is 19.4 Å². The van der Waals surface area contributed by atoms with Crippen LogP contribution in [0.15, 0.2) is 115 Å². The van der Waals surface area contributed by atoms with Crippen LogP contribution in [0.3, 0.4) is 0 Å². The number of aryl methyl sites for hydroxylation is 1. The molecule has 5 rings (SSSR count). The lowest BCUT2D eigenvalue weighted by Crippen LogP contribution is -2.13. The van der Waals surface area contributed by atoms with Crippen LogP contribution >= 0.6 is 0 Å². The molecule has 268 valence electrons. The molecule has 0 aliphatic heterocycles. The minimum absolute atomic E-state index is 0.115. The van der Waals surface area contributed by atoms with Crippen LogP contribution in [-0.2, 0) is 19.5 Å². The second kappa shape index (κ2) is 22.2. The van der Waals surface area contributed by atoms with Gasteiger partial charge in [0.25, 0.3) is 6.43 Å². The Morgan fingerprint density at radius 2 is 1.48 bits per heavy atom. The number of hydrogen-bond acceptors (Lipinski definition) is 4. The molecule has 0 amide bonds. The van der Waals surface area contributed by atoms with E-state index in [1.165, 1.54) is 47.5 Å². The van der Waals surface area contributed by atoms with E-state index in [-0.39, 0.29) is 17.4 Å². The standard InChI is InChI=1S/C22H26N2.C12H15F4NO2.C7H8/c1-3-5-17-24-20(4-2)21(18-13-9-6-7-10-14-18)23-22(24)19-15-11-8-12-16-19;1-2-17-6-8-3-4-9(19-12(15)16)10(5-8)18-7-11(13)14;1-7-5-3-2-4-6-7/h6-16,18H,3-5,17H2,1-2H3;3-5,11-12,17H,2,6-7H2,1H3;2-6H,1H3. The quantitative estimate of drug-likeness (QED) is 0.134. The van der Waals surface area contributed by atoms with Gasteiger partial charge in [0.15, 0.2) is 11.5 Å². The van der Waals surface area contributed by atoms with Gasteiger partial charge in [0.2, 0.25) is 0 Å². The molecule has 0 fully saturated rings. The van der Waals surface area contributed by atoms with Crippen LogP contribution in [0.1, 0.15) is 62.0 Å². The number of hydrogen-bond donors (Lipinski definition) is 1. The van der Waals surface area contributed by atoms with Crippen LogP contribution in [0, 0.1) is 6.92 Å². The first-order valence-electron chi connectivity index (χ1n) is 17.1. The summed E-state index contributed by atoms with van der Waals surface area (Å²) in [6.07, 6.45) is 13.6. The third-order valence-electron chi connectivity index (χ3n) is 7.60. The summed E-state index contributed by atoms with van der Waals surface area (Å²) in [4.78, 5) is 5.10. The highest BCUT2D eigenvalue weighted by Crippen LogP contribution is 2.31. The SMILES string of the molecule is CCCCn1c(-c2ccccc2)nc(C2C=CC=CC=C2)c1CC.CCNCc1ccc(OC(F)F)c(OCC(F)F)c1.Cc1ccccc1. The molecule has 0 saturated heterocycles. The fourth-order valence-electron chi connectivity index (χ4n) is 5.18. The summed E-state index contributed by atoms with van der Waals surface area (Å²) < 4.78 is 59.9. The van der Waals surface area contributed by atoms with E-state index in [0.717, 1.165) is 30.9 Å². The molecular formula is C41H49F4N3O2. The zero-order valence-electron chi connectivity index (χ0n) is 29.4. The lowest BCUT2D eigenvalue weighted by atomic mass is 10.0. The van der Waals surface area contributed by atoms with Crippen LogP contribution in [0.5, 0.6) is 11.5 Å². The third-order valence-corrected chi connectivity index (χ3v) is 7.60. The Kier molecular flexibility index (Phi) is 17.6. The normalized spacial score (nSPS) is 12.3. The molecule has 0 unspecified atom stereocenters. The summed E-state index contributed by atoms with van der Waals surface area (Å²) in [6.45, 7) is 6.81. The van der Waals surface area contributed by atoms with Gasteiger partial charge in [-0.25, -0.2) is 13.8 Å². The molecule has 0 bridgehead atoms. The van der Waals surface area contributed by atoms with Crippen LogP contribution in [0.25, 0.3) is 11.4 Å². The molecule has 0 spiro atoms. The van der Waals surface area contributed by atoms with Crippen molar-refractivity contribution in [3.05, 3.63) is 138 Å². The number of nitrogens with one attached hydrogen (secondary N) is 1. The summed E-state index contributed by atoms with van der Waals surface area (Å²) in [5.74, 6) is 0.988. The Balaban J connectivity index is 0.000000231. The van der Waals surface area contributed by atoms with E-state index in [9.17, 15) is 17.6 Å². The first kappa shape index (κ1) is 39.8. The zero-order chi connectivity index (χ0) is 36.1. The lowest BCUT2D eigenvalue weighted by Gasteiger charge is -2.13. The van der Waals surface area contributed by atoms with Crippen molar-refractivity contribution in [1.29, 1.82) is 0 Å². The maximum Gasteiger partial charge on any atom is 0.387 e. The summed E-state index contributed by atoms with van der Waals surface area (Å²) >= 11 is 0. The van der Waals surface area contributed by atoms with Crippen molar-refractivity contribution >= 4 is 0 Å². The molecule has 1 aliphatic carbocycles. The van der Waals surface area contributed by atoms with Crippen molar-refractivity contribution in [2.24, 2.45) is 0 Å². The fourth-order valence-corrected chi connectivity index (χ4v) is 5.18. The molecule has 1 aromatic heterocycles. The van der Waals surface area contributed by atoms with E-state index in [0.29, 0.717) is 6.54 Å². The van der Waals surface area contributed by atoms with E-state index in [1.54, 1.807) is 6.07 Å². The average Bonchev–Trinajstić information content (AvgIpc) is 3.27. The van der Waals surface area contributed by atoms with Gasteiger partial charge in [-0.1, -0.05) is 136 Å².